The van der Waals surface area contributed by atoms with Crippen LogP contribution in [0.1, 0.15) is 94.1 Å². The molecule has 2 aromatic heterocycles. The summed E-state index contributed by atoms with van der Waals surface area (Å²) < 4.78 is 67.2. The molecule has 5 aliphatic rings. The molecule has 7 amide bonds. The number of aromatic nitrogens is 4. The van der Waals surface area contributed by atoms with Gasteiger partial charge in [0, 0.05) is 106 Å². The number of benzene rings is 2. The molecule has 0 aliphatic carbocycles. The van der Waals surface area contributed by atoms with Crippen LogP contribution in [0.2, 0.25) is 0 Å². The number of nitrogens with one attached hydrogen (secondary N) is 4. The first-order valence-electron chi connectivity index (χ1n) is 27.1. The Kier molecular flexibility index (Phi) is 19.6. The van der Waals surface area contributed by atoms with Gasteiger partial charge in [-0.2, -0.15) is 10.2 Å². The molecule has 1 atom stereocenters. The van der Waals surface area contributed by atoms with E-state index in [1.165, 1.54) is 0 Å². The topological polar surface area (TPSA) is 251 Å². The summed E-state index contributed by atoms with van der Waals surface area (Å²) in [5, 5.41) is 20.6. The maximum Gasteiger partial charge on any atom is 0.317 e. The van der Waals surface area contributed by atoms with Gasteiger partial charge in [0.05, 0.1) is 103 Å². The Bertz CT molecular complexity index is 2820. The van der Waals surface area contributed by atoms with Gasteiger partial charge >= 0.3 is 6.03 Å². The van der Waals surface area contributed by atoms with Crippen LogP contribution in [-0.4, -0.2) is 183 Å². The first-order chi connectivity index (χ1) is 38.5. The summed E-state index contributed by atoms with van der Waals surface area (Å²) in [6, 6.07) is 7.23. The highest BCUT2D eigenvalue weighted by atomic mass is 19.3. The minimum Gasteiger partial charge on any atom is -0.383 e. The van der Waals surface area contributed by atoms with Crippen molar-refractivity contribution in [2.75, 3.05) is 123 Å². The molecule has 2 aromatic carbocycles. The zero-order valence-corrected chi connectivity index (χ0v) is 44.4. The third-order valence-electron chi connectivity index (χ3n) is 14.5. The van der Waals surface area contributed by atoms with E-state index in [0.29, 0.717) is 147 Å². The molecule has 0 spiro atoms. The predicted molar refractivity (Wildman–Crippen MR) is 281 cm³/mol. The lowest BCUT2D eigenvalue weighted by Gasteiger charge is -2.33. The summed E-state index contributed by atoms with van der Waals surface area (Å²) in [5.74, 6) is -1.68. The number of fused-ring (bicyclic) bond motifs is 3. The van der Waals surface area contributed by atoms with Crippen LogP contribution >= 0.6 is 0 Å². The normalized spacial score (nSPS) is 17.5. The molecule has 5 aliphatic heterocycles. The molecule has 0 saturated carbocycles. The molecule has 2 fully saturated rings. The third-order valence-corrected chi connectivity index (χ3v) is 14.5. The minimum absolute atomic E-state index is 0.0556. The summed E-state index contributed by atoms with van der Waals surface area (Å²) in [6.45, 7) is 7.36. The Morgan fingerprint density at radius 2 is 1.52 bits per heavy atom. The number of amides is 7. The van der Waals surface area contributed by atoms with Crippen LogP contribution in [0.25, 0.3) is 11.1 Å². The summed E-state index contributed by atoms with van der Waals surface area (Å²) in [5.41, 5.74) is 5.58. The number of alkyl halides is 2. The number of ether oxygens (including phenoxy) is 6. The second-order valence-corrected chi connectivity index (χ2v) is 19.7. The highest BCUT2D eigenvalue weighted by molar-refractivity contribution is 6.23. The number of nitrogens with zero attached hydrogens (tertiary/aromatic N) is 7. The van der Waals surface area contributed by atoms with Crippen LogP contribution in [0.5, 0.6) is 0 Å². The number of hydrogen-bond acceptors (Lipinski definition) is 16. The van der Waals surface area contributed by atoms with E-state index in [-0.39, 0.29) is 67.1 Å². The number of rotatable bonds is 27. The standard InChI is InChI=1S/C54H69F2N11O12/c1-57-54(73)63-15-8-44-43(34-63)50(62-67(44)38-9-17-74-18-10-38)65-14-2-3-35-29-40(41(49(55)56)31-46(35)65)36-32-60-64(33-36)16-12-59-47(68)11-19-75-21-23-77-25-27-79-28-26-78-24-22-76-20-13-58-37-4-5-39-42(30-37)53(72)66(52(39)71)45-6-7-48(69)61-51(45)70/h4-5,29-33,38,45,49,58H,2-3,6-28,34H2,1H3,(H,57,73)(H,59,68)(H,61,69,70). The molecule has 9 rings (SSSR count). The minimum atomic E-state index is -2.75. The number of anilines is 3. The van der Waals surface area contributed by atoms with Gasteiger partial charge in [0.1, 0.15) is 6.04 Å². The molecule has 4 N–H and O–H groups in total. The number of carbonyl (C=O) groups is 6. The molecule has 426 valence electrons. The lowest BCUT2D eigenvalue weighted by atomic mass is 9.92. The van der Waals surface area contributed by atoms with Crippen molar-refractivity contribution in [3.8, 4) is 11.1 Å². The monoisotopic (exact) mass is 1100 g/mol. The van der Waals surface area contributed by atoms with Crippen molar-refractivity contribution in [1.29, 1.82) is 0 Å². The zero-order chi connectivity index (χ0) is 55.3. The van der Waals surface area contributed by atoms with E-state index in [2.05, 4.69) is 35.9 Å². The van der Waals surface area contributed by atoms with Crippen molar-refractivity contribution >= 4 is 52.8 Å². The largest absolute Gasteiger partial charge is 0.383 e. The molecule has 4 aromatic rings. The average molecular weight is 1100 g/mol. The molecule has 0 bridgehead atoms. The predicted octanol–water partition coefficient (Wildman–Crippen LogP) is 3.92. The Balaban J connectivity index is 0.610. The van der Waals surface area contributed by atoms with Crippen molar-refractivity contribution < 1.29 is 66.0 Å². The van der Waals surface area contributed by atoms with Crippen LogP contribution in [0.3, 0.4) is 0 Å². The second kappa shape index (κ2) is 27.3. The molecule has 2 saturated heterocycles. The number of urea groups is 1. The van der Waals surface area contributed by atoms with E-state index < -0.39 is 36.1 Å². The van der Waals surface area contributed by atoms with E-state index in [0.717, 1.165) is 41.0 Å². The van der Waals surface area contributed by atoms with Crippen molar-refractivity contribution in [3.63, 3.8) is 0 Å². The van der Waals surface area contributed by atoms with Crippen molar-refractivity contribution in [3.05, 3.63) is 76.2 Å². The molecular formula is C54H69F2N11O12. The molecule has 1 unspecified atom stereocenters. The van der Waals surface area contributed by atoms with Gasteiger partial charge in [-0.25, -0.2) is 13.6 Å². The first-order valence-corrected chi connectivity index (χ1v) is 27.1. The van der Waals surface area contributed by atoms with Gasteiger partial charge in [0.15, 0.2) is 5.82 Å². The SMILES string of the molecule is CNC(=O)N1CCc2c(c(N3CCCc4cc(-c5cnn(CCNC(=O)CCOCCOCCOCCOCCOCCNc6ccc7c(c6)C(=O)N(C6CCC(=O)NC6=O)C7=O)c5)c(C(F)F)cc43)nn2C2CCOCC2)C1. The Morgan fingerprint density at radius 1 is 0.810 bits per heavy atom. The summed E-state index contributed by atoms with van der Waals surface area (Å²) in [6.07, 6.45) is 4.68. The molecular weight excluding hydrogens is 1030 g/mol. The number of carbonyl (C=O) groups excluding carboxylic acids is 6. The Morgan fingerprint density at radius 3 is 2.23 bits per heavy atom. The van der Waals surface area contributed by atoms with Gasteiger partial charge in [-0.1, -0.05) is 0 Å². The van der Waals surface area contributed by atoms with Gasteiger partial charge in [0.2, 0.25) is 17.7 Å². The van der Waals surface area contributed by atoms with Crippen LogP contribution in [0.15, 0.2) is 42.7 Å². The average Bonchev–Trinajstić information content (AvgIpc) is 4.16. The fraction of sp³-hybridized carbons (Fsp3) is 0.556. The van der Waals surface area contributed by atoms with E-state index in [1.807, 2.05) is 6.07 Å². The van der Waals surface area contributed by atoms with Crippen LogP contribution in [-0.2, 0) is 68.7 Å². The van der Waals surface area contributed by atoms with Crippen molar-refractivity contribution in [2.45, 2.75) is 83.0 Å². The quantitative estimate of drug-likeness (QED) is 0.0488. The highest BCUT2D eigenvalue weighted by Gasteiger charge is 2.45. The first kappa shape index (κ1) is 56.8. The van der Waals surface area contributed by atoms with Crippen molar-refractivity contribution in [2.24, 2.45) is 0 Å². The van der Waals surface area contributed by atoms with Gasteiger partial charge in [0.25, 0.3) is 18.2 Å². The Hall–Kier alpha value is -6.90. The summed E-state index contributed by atoms with van der Waals surface area (Å²) in [4.78, 5) is 79.8. The molecule has 0 radical (unpaired) electrons. The molecule has 7 heterocycles. The Labute approximate surface area is 455 Å². The van der Waals surface area contributed by atoms with Gasteiger partial charge < -0.3 is 54.2 Å². The smallest absolute Gasteiger partial charge is 0.317 e. The maximum absolute atomic E-state index is 15.0. The second-order valence-electron chi connectivity index (χ2n) is 19.7. The van der Waals surface area contributed by atoms with Crippen molar-refractivity contribution in [1.82, 2.24) is 45.3 Å². The van der Waals surface area contributed by atoms with E-state index in [9.17, 15) is 37.5 Å². The highest BCUT2D eigenvalue weighted by Crippen LogP contribution is 2.44. The van der Waals surface area contributed by atoms with E-state index >= 15 is 0 Å². The molecule has 23 nitrogen and oxygen atoms in total. The number of aryl methyl sites for hydroxylation is 1. The lowest BCUT2D eigenvalue weighted by molar-refractivity contribution is -0.136. The summed E-state index contributed by atoms with van der Waals surface area (Å²) >= 11 is 0. The third kappa shape index (κ3) is 13.9. The van der Waals surface area contributed by atoms with Crippen LogP contribution in [0.4, 0.5) is 30.8 Å². The van der Waals surface area contributed by atoms with Crippen LogP contribution < -0.4 is 26.2 Å². The number of piperidine rings is 1. The fourth-order valence-corrected chi connectivity index (χ4v) is 10.5. The van der Waals surface area contributed by atoms with E-state index in [4.69, 9.17) is 33.5 Å². The molecule has 25 heteroatoms. The van der Waals surface area contributed by atoms with Crippen LogP contribution in [0, 0.1) is 0 Å². The number of imide groups is 2. The van der Waals surface area contributed by atoms with Gasteiger partial charge in [-0.05, 0) is 73.6 Å². The lowest BCUT2D eigenvalue weighted by Crippen LogP contribution is -2.54. The number of halogens is 2. The van der Waals surface area contributed by atoms with E-state index in [1.54, 1.807) is 53.3 Å². The van der Waals surface area contributed by atoms with Gasteiger partial charge in [-0.3, -0.25) is 43.6 Å². The fourth-order valence-electron chi connectivity index (χ4n) is 10.5. The van der Waals surface area contributed by atoms with Gasteiger partial charge in [-0.15, -0.1) is 0 Å². The zero-order valence-electron chi connectivity index (χ0n) is 44.4. The number of hydrogen-bond donors (Lipinski definition) is 4. The summed E-state index contributed by atoms with van der Waals surface area (Å²) in [7, 11) is 1.62. The molecule has 79 heavy (non-hydrogen) atoms. The maximum atomic E-state index is 15.0.